The third-order valence-electron chi connectivity index (χ3n) is 4.26. The molecule has 1 saturated carbocycles. The molecule has 0 bridgehead atoms. The molecule has 0 saturated heterocycles. The molecule has 0 aromatic carbocycles. The summed E-state index contributed by atoms with van der Waals surface area (Å²) in [6.07, 6.45) is 6.38. The van der Waals surface area contributed by atoms with E-state index in [0.717, 1.165) is 29.9 Å². The number of nitrogens with one attached hydrogen (secondary N) is 1. The molecule has 1 aliphatic rings. The lowest BCUT2D eigenvalue weighted by molar-refractivity contribution is 0.145. The van der Waals surface area contributed by atoms with Crippen LogP contribution in [0.3, 0.4) is 0 Å². The lowest BCUT2D eigenvalue weighted by atomic mass is 9.98. The van der Waals surface area contributed by atoms with E-state index >= 15 is 0 Å². The molecule has 0 spiro atoms. The van der Waals surface area contributed by atoms with E-state index in [9.17, 15) is 0 Å². The van der Waals surface area contributed by atoms with Crippen LogP contribution >= 0.6 is 0 Å². The van der Waals surface area contributed by atoms with Crippen molar-refractivity contribution in [2.75, 3.05) is 19.0 Å². The number of ether oxygens (including phenoxy) is 1. The summed E-state index contributed by atoms with van der Waals surface area (Å²) in [4.78, 5) is 0. The van der Waals surface area contributed by atoms with Crippen molar-refractivity contribution in [2.45, 2.75) is 51.0 Å². The highest BCUT2D eigenvalue weighted by Gasteiger charge is 2.34. The maximum Gasteiger partial charge on any atom is 0.200 e. The molecule has 2 heterocycles. The molecule has 0 unspecified atom stereocenters. The number of fused-ring (bicyclic) bond motifs is 1. The summed E-state index contributed by atoms with van der Waals surface area (Å²) < 4.78 is 7.21. The quantitative estimate of drug-likeness (QED) is 0.916. The highest BCUT2D eigenvalue weighted by molar-refractivity contribution is 5.68. The number of methoxy groups -OCH3 is 1. The molecular formula is C15H23N5O. The van der Waals surface area contributed by atoms with E-state index in [1.807, 2.05) is 0 Å². The Hall–Kier alpha value is -1.69. The fraction of sp³-hybridized carbons (Fsp3) is 0.667. The van der Waals surface area contributed by atoms with Crippen molar-refractivity contribution in [3.05, 3.63) is 18.1 Å². The maximum absolute atomic E-state index is 5.45. The first-order valence-electron chi connectivity index (χ1n) is 7.62. The Labute approximate surface area is 124 Å². The predicted octanol–water partition coefficient (Wildman–Crippen LogP) is 2.62. The van der Waals surface area contributed by atoms with Crippen LogP contribution in [0.15, 0.2) is 12.4 Å². The van der Waals surface area contributed by atoms with Crippen LogP contribution in [0.1, 0.15) is 51.1 Å². The van der Waals surface area contributed by atoms with Gasteiger partial charge in [-0.25, -0.2) is 0 Å². The second-order valence-corrected chi connectivity index (χ2v) is 6.28. The molecular weight excluding hydrogens is 266 g/mol. The molecule has 2 aromatic rings. The third-order valence-corrected chi connectivity index (χ3v) is 4.26. The van der Waals surface area contributed by atoms with Crippen LogP contribution in [0.4, 0.5) is 5.69 Å². The molecule has 3 rings (SSSR count). The standard InChI is InChI=1S/C15H23N5O/c1-11(2)12-8-13(14-18-16-10-20(14)19-12)17-15(9-21-3)6-4-5-7-15/h8,10-11,17H,4-7,9H2,1-3H3. The number of hydrogen-bond donors (Lipinski definition) is 1. The Balaban J connectivity index is 2.00. The van der Waals surface area contributed by atoms with Crippen LogP contribution < -0.4 is 5.32 Å². The van der Waals surface area contributed by atoms with Gasteiger partial charge >= 0.3 is 0 Å². The molecule has 1 aliphatic carbocycles. The largest absolute Gasteiger partial charge is 0.382 e. The average molecular weight is 289 g/mol. The number of aromatic nitrogens is 4. The van der Waals surface area contributed by atoms with Crippen molar-refractivity contribution in [1.82, 2.24) is 19.8 Å². The van der Waals surface area contributed by atoms with E-state index in [1.165, 1.54) is 12.8 Å². The minimum absolute atomic E-state index is 0.0107. The van der Waals surface area contributed by atoms with Crippen molar-refractivity contribution >= 4 is 11.3 Å². The molecule has 1 N–H and O–H groups in total. The summed E-state index contributed by atoms with van der Waals surface area (Å²) in [6, 6.07) is 2.10. The van der Waals surface area contributed by atoms with E-state index in [4.69, 9.17) is 4.74 Å². The van der Waals surface area contributed by atoms with Crippen molar-refractivity contribution in [3.63, 3.8) is 0 Å². The van der Waals surface area contributed by atoms with Gasteiger partial charge in [-0.1, -0.05) is 26.7 Å². The van der Waals surface area contributed by atoms with E-state index in [0.29, 0.717) is 12.5 Å². The zero-order valence-corrected chi connectivity index (χ0v) is 13.0. The Bertz CT molecular complexity index is 616. The Kier molecular flexibility index (Phi) is 3.80. The molecule has 6 nitrogen and oxygen atoms in total. The van der Waals surface area contributed by atoms with E-state index < -0.39 is 0 Å². The lowest BCUT2D eigenvalue weighted by Gasteiger charge is -2.31. The number of hydrogen-bond acceptors (Lipinski definition) is 5. The first-order chi connectivity index (χ1) is 10.1. The molecule has 0 aliphatic heterocycles. The first-order valence-corrected chi connectivity index (χ1v) is 7.62. The molecule has 21 heavy (non-hydrogen) atoms. The molecule has 1 fully saturated rings. The predicted molar refractivity (Wildman–Crippen MR) is 81.6 cm³/mol. The van der Waals surface area contributed by atoms with Gasteiger partial charge in [0.15, 0.2) is 0 Å². The molecule has 2 aromatic heterocycles. The minimum Gasteiger partial charge on any atom is -0.382 e. The molecule has 0 atom stereocenters. The molecule has 0 amide bonds. The van der Waals surface area contributed by atoms with Crippen LogP contribution in [0.5, 0.6) is 0 Å². The lowest BCUT2D eigenvalue weighted by Crippen LogP contribution is -2.40. The van der Waals surface area contributed by atoms with Gasteiger partial charge in [0.1, 0.15) is 6.33 Å². The summed E-state index contributed by atoms with van der Waals surface area (Å²) in [7, 11) is 1.76. The van der Waals surface area contributed by atoms with Gasteiger partial charge in [0.25, 0.3) is 0 Å². The van der Waals surface area contributed by atoms with Crippen LogP contribution in [0.25, 0.3) is 5.65 Å². The third kappa shape index (κ3) is 2.72. The van der Waals surface area contributed by atoms with Crippen LogP contribution in [0, 0.1) is 0 Å². The number of nitrogens with zero attached hydrogens (tertiary/aromatic N) is 4. The van der Waals surface area contributed by atoms with Crippen molar-refractivity contribution in [3.8, 4) is 0 Å². The van der Waals surface area contributed by atoms with Gasteiger partial charge in [0.05, 0.1) is 23.5 Å². The smallest absolute Gasteiger partial charge is 0.200 e. The summed E-state index contributed by atoms with van der Waals surface area (Å²) >= 11 is 0. The molecule has 0 radical (unpaired) electrons. The van der Waals surface area contributed by atoms with Crippen molar-refractivity contribution < 1.29 is 4.74 Å². The van der Waals surface area contributed by atoms with Gasteiger partial charge < -0.3 is 10.1 Å². The Morgan fingerprint density at radius 2 is 2.14 bits per heavy atom. The zero-order valence-electron chi connectivity index (χ0n) is 13.0. The van der Waals surface area contributed by atoms with Gasteiger partial charge in [-0.2, -0.15) is 9.61 Å². The summed E-state index contributed by atoms with van der Waals surface area (Å²) in [5.41, 5.74) is 2.83. The van der Waals surface area contributed by atoms with Gasteiger partial charge in [0.2, 0.25) is 5.65 Å². The summed E-state index contributed by atoms with van der Waals surface area (Å²) in [5, 5.41) is 16.4. The fourth-order valence-corrected chi connectivity index (χ4v) is 3.14. The minimum atomic E-state index is 0.0107. The van der Waals surface area contributed by atoms with Crippen molar-refractivity contribution in [1.29, 1.82) is 0 Å². The highest BCUT2D eigenvalue weighted by Crippen LogP contribution is 2.34. The topological polar surface area (TPSA) is 64.3 Å². The van der Waals surface area contributed by atoms with Crippen LogP contribution in [-0.4, -0.2) is 39.1 Å². The number of rotatable bonds is 5. The van der Waals surface area contributed by atoms with Gasteiger partial charge in [0, 0.05) is 7.11 Å². The van der Waals surface area contributed by atoms with Crippen molar-refractivity contribution in [2.24, 2.45) is 0 Å². The van der Waals surface area contributed by atoms with Gasteiger partial charge in [-0.05, 0) is 24.8 Å². The number of anilines is 1. The highest BCUT2D eigenvalue weighted by atomic mass is 16.5. The van der Waals surface area contributed by atoms with E-state index in [2.05, 4.69) is 40.5 Å². The van der Waals surface area contributed by atoms with E-state index in [1.54, 1.807) is 18.0 Å². The molecule has 6 heteroatoms. The van der Waals surface area contributed by atoms with E-state index in [-0.39, 0.29) is 5.54 Å². The zero-order chi connectivity index (χ0) is 14.9. The summed E-state index contributed by atoms with van der Waals surface area (Å²) in [6.45, 7) is 5.00. The van der Waals surface area contributed by atoms with Crippen LogP contribution in [0.2, 0.25) is 0 Å². The van der Waals surface area contributed by atoms with Gasteiger partial charge in [-0.3, -0.25) is 0 Å². The Morgan fingerprint density at radius 3 is 2.81 bits per heavy atom. The van der Waals surface area contributed by atoms with Crippen LogP contribution in [-0.2, 0) is 4.74 Å². The second kappa shape index (κ2) is 5.60. The first kappa shape index (κ1) is 14.3. The summed E-state index contributed by atoms with van der Waals surface area (Å²) in [5.74, 6) is 0.360. The SMILES string of the molecule is COCC1(Nc2cc(C(C)C)nn3cnnc23)CCCC1. The molecule has 114 valence electrons. The average Bonchev–Trinajstić information content (AvgIpc) is 3.08. The van der Waals surface area contributed by atoms with Gasteiger partial charge in [-0.15, -0.1) is 10.2 Å². The normalized spacial score (nSPS) is 17.7. The fourth-order valence-electron chi connectivity index (χ4n) is 3.14. The monoisotopic (exact) mass is 289 g/mol. The maximum atomic E-state index is 5.45. The Morgan fingerprint density at radius 1 is 1.38 bits per heavy atom. The second-order valence-electron chi connectivity index (χ2n) is 6.28.